The monoisotopic (exact) mass is 483 g/mol. The molecule has 32 heavy (non-hydrogen) atoms. The van der Waals surface area contributed by atoms with E-state index in [0.717, 1.165) is 18.2 Å². The Balaban J connectivity index is 2.19. The minimum absolute atomic E-state index is 0.0230. The Kier molecular flexibility index (Phi) is 7.91. The van der Waals surface area contributed by atoms with Crippen molar-refractivity contribution in [1.29, 1.82) is 0 Å². The van der Waals surface area contributed by atoms with Crippen molar-refractivity contribution in [3.8, 4) is 0 Å². The van der Waals surface area contributed by atoms with Crippen LogP contribution in [0.1, 0.15) is 17.3 Å². The molecule has 170 valence electrons. The van der Waals surface area contributed by atoms with E-state index < -0.39 is 44.4 Å². The highest BCUT2D eigenvalue weighted by molar-refractivity contribution is 7.99. The van der Waals surface area contributed by atoms with Crippen molar-refractivity contribution < 1.29 is 37.9 Å². The van der Waals surface area contributed by atoms with E-state index in [1.807, 2.05) is 4.72 Å². The fourth-order valence-corrected chi connectivity index (χ4v) is 4.73. The van der Waals surface area contributed by atoms with Gasteiger partial charge in [0.05, 0.1) is 20.3 Å². The number of carbonyl (C=O) groups is 3. The first-order valence-electron chi connectivity index (χ1n) is 8.68. The molecule has 1 amide bonds. The summed E-state index contributed by atoms with van der Waals surface area (Å²) in [6.45, 7) is 1.28. The topological polar surface area (TPSA) is 193 Å². The number of nitro benzene ring substituents is 1. The molecule has 12 nitrogen and oxygen atoms in total. The van der Waals surface area contributed by atoms with E-state index in [0.29, 0.717) is 17.4 Å². The minimum Gasteiger partial charge on any atom is -0.480 e. The van der Waals surface area contributed by atoms with Crippen molar-refractivity contribution in [3.63, 3.8) is 0 Å². The number of amides is 1. The molecule has 2 aromatic rings. The molecule has 0 aliphatic carbocycles. The van der Waals surface area contributed by atoms with Gasteiger partial charge in [0, 0.05) is 24.4 Å². The van der Waals surface area contributed by atoms with Crippen LogP contribution in [0.5, 0.6) is 0 Å². The zero-order valence-electron chi connectivity index (χ0n) is 16.3. The molecule has 0 saturated heterocycles. The lowest BCUT2D eigenvalue weighted by Gasteiger charge is -2.15. The second-order valence-corrected chi connectivity index (χ2v) is 9.05. The minimum atomic E-state index is -4.27. The Hall–Kier alpha value is -3.49. The number of nitrogens with one attached hydrogen (secondary N) is 2. The number of thioether (sulfide) groups is 1. The van der Waals surface area contributed by atoms with E-state index in [9.17, 15) is 38.0 Å². The maximum absolute atomic E-state index is 12.5. The van der Waals surface area contributed by atoms with Gasteiger partial charge in [-0.2, -0.15) is 4.72 Å². The first-order chi connectivity index (χ1) is 14.9. The predicted molar refractivity (Wildman–Crippen MR) is 113 cm³/mol. The number of carboxylic acids is 2. The summed E-state index contributed by atoms with van der Waals surface area (Å²) in [5, 5.41) is 32.1. The van der Waals surface area contributed by atoms with Gasteiger partial charge in [-0.15, -0.1) is 11.8 Å². The fourth-order valence-electron chi connectivity index (χ4n) is 2.42. The molecule has 0 unspecified atom stereocenters. The Bertz CT molecular complexity index is 1160. The van der Waals surface area contributed by atoms with Crippen molar-refractivity contribution in [2.45, 2.75) is 22.8 Å². The van der Waals surface area contributed by atoms with Crippen LogP contribution in [0.2, 0.25) is 0 Å². The van der Waals surface area contributed by atoms with Gasteiger partial charge in [-0.3, -0.25) is 19.7 Å². The molecule has 2 rings (SSSR count). The van der Waals surface area contributed by atoms with Gasteiger partial charge in [0.2, 0.25) is 15.9 Å². The summed E-state index contributed by atoms with van der Waals surface area (Å²) >= 11 is 0.688. The summed E-state index contributed by atoms with van der Waals surface area (Å²) in [4.78, 5) is 43.8. The van der Waals surface area contributed by atoms with Crippen LogP contribution in [0.25, 0.3) is 0 Å². The van der Waals surface area contributed by atoms with Crippen LogP contribution in [0.3, 0.4) is 0 Å². The number of aliphatic carboxylic acids is 1. The summed E-state index contributed by atoms with van der Waals surface area (Å²) in [5.41, 5.74) is -0.520. The number of benzene rings is 2. The standard InChI is InChI=1S/C18H17N3O9S2/c1-10(22)19-12-3-5-13(6-4-12)32(29,30)20-14(18(25)26)9-31-16-7-2-11(17(23)24)8-15(16)21(27)28/h2-8,14,20H,9H2,1H3,(H,19,22)(H,23,24)(H,25,26)/t14-/m0/s1. The average molecular weight is 483 g/mol. The molecule has 0 bridgehead atoms. The lowest BCUT2D eigenvalue weighted by atomic mass is 10.2. The Labute approximate surface area is 185 Å². The molecular weight excluding hydrogens is 466 g/mol. The van der Waals surface area contributed by atoms with Gasteiger partial charge < -0.3 is 15.5 Å². The van der Waals surface area contributed by atoms with Gasteiger partial charge in [0.15, 0.2) is 0 Å². The van der Waals surface area contributed by atoms with Gasteiger partial charge in [-0.25, -0.2) is 13.2 Å². The molecule has 0 saturated carbocycles. The molecule has 0 fully saturated rings. The quantitative estimate of drug-likeness (QED) is 0.220. The lowest BCUT2D eigenvalue weighted by Crippen LogP contribution is -2.42. The van der Waals surface area contributed by atoms with Crippen LogP contribution >= 0.6 is 11.8 Å². The molecule has 0 aliphatic rings. The molecule has 0 heterocycles. The number of hydrogen-bond donors (Lipinski definition) is 4. The molecular formula is C18H17N3O9S2. The van der Waals surface area contributed by atoms with E-state index in [4.69, 9.17) is 5.11 Å². The molecule has 0 radical (unpaired) electrons. The van der Waals surface area contributed by atoms with Crippen molar-refractivity contribution >= 4 is 51.0 Å². The third-order valence-electron chi connectivity index (χ3n) is 3.89. The molecule has 1 atom stereocenters. The SMILES string of the molecule is CC(=O)Nc1ccc(S(=O)(=O)N[C@@H](CSc2ccc(C(=O)O)cc2[N+](=O)[O-])C(=O)O)cc1. The molecule has 14 heteroatoms. The largest absolute Gasteiger partial charge is 0.480 e. The highest BCUT2D eigenvalue weighted by atomic mass is 32.2. The van der Waals surface area contributed by atoms with E-state index in [1.165, 1.54) is 31.2 Å². The van der Waals surface area contributed by atoms with E-state index in [1.54, 1.807) is 0 Å². The van der Waals surface area contributed by atoms with Gasteiger partial charge in [-0.05, 0) is 36.4 Å². The normalized spacial score (nSPS) is 12.0. The summed E-state index contributed by atoms with van der Waals surface area (Å²) in [5.74, 6) is -3.65. The zero-order valence-corrected chi connectivity index (χ0v) is 18.0. The average Bonchev–Trinajstić information content (AvgIpc) is 2.70. The van der Waals surface area contributed by atoms with Crippen LogP contribution in [-0.2, 0) is 19.6 Å². The molecule has 4 N–H and O–H groups in total. The molecule has 2 aromatic carbocycles. The highest BCUT2D eigenvalue weighted by Gasteiger charge is 2.27. The summed E-state index contributed by atoms with van der Waals surface area (Å²) < 4.78 is 27.1. The van der Waals surface area contributed by atoms with Crippen LogP contribution in [0.4, 0.5) is 11.4 Å². The van der Waals surface area contributed by atoms with Gasteiger partial charge in [0.1, 0.15) is 6.04 Å². The molecule has 0 spiro atoms. The number of carbonyl (C=O) groups excluding carboxylic acids is 1. The Morgan fingerprint density at radius 3 is 2.25 bits per heavy atom. The Morgan fingerprint density at radius 2 is 1.75 bits per heavy atom. The number of sulfonamides is 1. The third-order valence-corrected chi connectivity index (χ3v) is 6.53. The van der Waals surface area contributed by atoms with E-state index in [-0.39, 0.29) is 21.3 Å². The van der Waals surface area contributed by atoms with Crippen LogP contribution in [-0.4, -0.2) is 53.2 Å². The number of nitro groups is 1. The summed E-state index contributed by atoms with van der Waals surface area (Å²) in [7, 11) is -4.27. The van der Waals surface area contributed by atoms with Gasteiger partial charge in [0.25, 0.3) is 5.69 Å². The highest BCUT2D eigenvalue weighted by Crippen LogP contribution is 2.31. The van der Waals surface area contributed by atoms with E-state index >= 15 is 0 Å². The third kappa shape index (κ3) is 6.50. The predicted octanol–water partition coefficient (Wildman–Crippen LogP) is 1.78. The first kappa shape index (κ1) is 24.8. The summed E-state index contributed by atoms with van der Waals surface area (Å²) in [6.07, 6.45) is 0. The first-order valence-corrected chi connectivity index (χ1v) is 11.1. The second-order valence-electron chi connectivity index (χ2n) is 6.27. The maximum atomic E-state index is 12.5. The number of aromatic carboxylic acids is 1. The van der Waals surface area contributed by atoms with Crippen molar-refractivity contribution in [2.75, 3.05) is 11.1 Å². The molecule has 0 aromatic heterocycles. The van der Waals surface area contributed by atoms with Crippen molar-refractivity contribution in [1.82, 2.24) is 4.72 Å². The van der Waals surface area contributed by atoms with Crippen LogP contribution in [0.15, 0.2) is 52.3 Å². The van der Waals surface area contributed by atoms with E-state index in [2.05, 4.69) is 5.32 Å². The zero-order chi connectivity index (χ0) is 24.1. The lowest BCUT2D eigenvalue weighted by molar-refractivity contribution is -0.387. The van der Waals surface area contributed by atoms with Crippen molar-refractivity contribution in [3.05, 3.63) is 58.1 Å². The number of carboxylic acid groups (broad SMARTS) is 2. The number of rotatable bonds is 10. The number of nitrogens with zero attached hydrogens (tertiary/aromatic N) is 1. The Morgan fingerprint density at radius 1 is 1.12 bits per heavy atom. The summed E-state index contributed by atoms with van der Waals surface area (Å²) in [6, 6.07) is 6.47. The smallest absolute Gasteiger partial charge is 0.335 e. The van der Waals surface area contributed by atoms with Crippen molar-refractivity contribution in [2.24, 2.45) is 0 Å². The number of anilines is 1. The molecule has 0 aliphatic heterocycles. The van der Waals surface area contributed by atoms with Gasteiger partial charge in [-0.1, -0.05) is 0 Å². The maximum Gasteiger partial charge on any atom is 0.335 e. The fraction of sp³-hybridized carbons (Fsp3) is 0.167. The number of hydrogen-bond acceptors (Lipinski definition) is 8. The second kappa shape index (κ2) is 10.2. The van der Waals surface area contributed by atoms with Crippen LogP contribution < -0.4 is 10.0 Å². The van der Waals surface area contributed by atoms with Gasteiger partial charge >= 0.3 is 11.9 Å². The van der Waals surface area contributed by atoms with Crippen LogP contribution in [0, 0.1) is 10.1 Å².